The van der Waals surface area contributed by atoms with Gasteiger partial charge in [-0.1, -0.05) is 38.8 Å². The second-order valence-electron chi connectivity index (χ2n) is 10.1. The Hall–Kier alpha value is -3.10. The van der Waals surface area contributed by atoms with E-state index >= 15 is 0 Å². The maximum Gasteiger partial charge on any atom is 0.229 e. The van der Waals surface area contributed by atoms with Gasteiger partial charge in [0.25, 0.3) is 0 Å². The minimum Gasteiger partial charge on any atom is -0.493 e. The second-order valence-corrected chi connectivity index (χ2v) is 10.1. The van der Waals surface area contributed by atoms with Crippen molar-refractivity contribution in [3.63, 3.8) is 0 Å². The Balaban J connectivity index is 1.31. The average molecular weight is 514 g/mol. The molecule has 1 saturated heterocycles. The number of benzene rings is 1. The molecule has 9 heteroatoms. The second kappa shape index (κ2) is 12.9. The quantitative estimate of drug-likeness (QED) is 0.244. The number of hydrogen-bond acceptors (Lipinski definition) is 7. The molecular weight excluding hydrogens is 476 g/mol. The Kier molecular flexibility index (Phi) is 9.41. The third-order valence-electron chi connectivity index (χ3n) is 6.77. The summed E-state index contributed by atoms with van der Waals surface area (Å²) >= 11 is 0. The van der Waals surface area contributed by atoms with E-state index in [4.69, 9.17) is 9.26 Å². The van der Waals surface area contributed by atoms with Crippen LogP contribution in [0.15, 0.2) is 29.0 Å². The highest BCUT2D eigenvalue weighted by molar-refractivity contribution is 5.58. The van der Waals surface area contributed by atoms with E-state index in [1.165, 1.54) is 37.0 Å². The fourth-order valence-electron chi connectivity index (χ4n) is 4.70. The molecule has 0 aliphatic carbocycles. The van der Waals surface area contributed by atoms with Crippen LogP contribution in [0.5, 0.6) is 5.75 Å². The molecule has 200 valence electrons. The molecule has 1 unspecified atom stereocenters. The Bertz CT molecular complexity index is 1110. The van der Waals surface area contributed by atoms with Crippen LogP contribution < -0.4 is 9.64 Å². The van der Waals surface area contributed by atoms with Crippen molar-refractivity contribution in [2.24, 2.45) is 0 Å². The van der Waals surface area contributed by atoms with E-state index in [2.05, 4.69) is 31.9 Å². The number of unbranched alkanes of at least 4 members (excludes halogenated alkanes) is 2. The zero-order chi connectivity index (χ0) is 26.2. The highest BCUT2D eigenvalue weighted by Gasteiger charge is 2.25. The molecule has 0 radical (unpaired) electrons. The lowest BCUT2D eigenvalue weighted by Gasteiger charge is -2.36. The van der Waals surface area contributed by atoms with Gasteiger partial charge in [0.1, 0.15) is 17.4 Å². The molecule has 0 amide bonds. The van der Waals surface area contributed by atoms with Crippen LogP contribution in [0.1, 0.15) is 89.5 Å². The molecule has 3 heterocycles. The first-order valence-corrected chi connectivity index (χ1v) is 13.5. The molecule has 0 saturated carbocycles. The predicted octanol–water partition coefficient (Wildman–Crippen LogP) is 6.88. The van der Waals surface area contributed by atoms with Crippen LogP contribution in [0, 0.1) is 11.6 Å². The van der Waals surface area contributed by atoms with E-state index in [1.807, 2.05) is 26.2 Å². The molecule has 0 spiro atoms. The summed E-state index contributed by atoms with van der Waals surface area (Å²) in [4.78, 5) is 15.7. The first-order valence-electron chi connectivity index (χ1n) is 13.5. The summed E-state index contributed by atoms with van der Waals surface area (Å²) in [5, 5.41) is 3.72. The third kappa shape index (κ3) is 7.02. The Morgan fingerprint density at radius 3 is 2.51 bits per heavy atom. The first-order chi connectivity index (χ1) is 18.0. The smallest absolute Gasteiger partial charge is 0.229 e. The zero-order valence-electron chi connectivity index (χ0n) is 22.1. The Morgan fingerprint density at radius 1 is 1.08 bits per heavy atom. The van der Waals surface area contributed by atoms with Crippen molar-refractivity contribution in [3.8, 4) is 17.1 Å². The lowest BCUT2D eigenvalue weighted by Crippen LogP contribution is -2.40. The molecule has 37 heavy (non-hydrogen) atoms. The molecule has 0 bridgehead atoms. The summed E-state index contributed by atoms with van der Waals surface area (Å²) in [6.07, 6.45) is 13.5. The molecule has 1 fully saturated rings. The van der Waals surface area contributed by atoms with Gasteiger partial charge in [0.15, 0.2) is 0 Å². The predicted molar refractivity (Wildman–Crippen MR) is 139 cm³/mol. The van der Waals surface area contributed by atoms with Crippen molar-refractivity contribution in [2.75, 3.05) is 18.1 Å². The van der Waals surface area contributed by atoms with Gasteiger partial charge >= 0.3 is 0 Å². The standard InChI is InChI=1S/C28H37F2N5O2/c1-4-5-6-10-20-17-31-28(32-18-20)35-13-8-7-11-21(35)12-9-14-36-22-15-23(29)25(24(30)16-22)26-33-27(19(2)3)37-34-26/h15-19,21H,4-14H2,1-3H3. The summed E-state index contributed by atoms with van der Waals surface area (Å²) < 4.78 is 40.2. The average Bonchev–Trinajstić information content (AvgIpc) is 3.37. The number of aromatic nitrogens is 4. The number of anilines is 1. The number of piperidine rings is 1. The van der Waals surface area contributed by atoms with Crippen LogP contribution >= 0.6 is 0 Å². The van der Waals surface area contributed by atoms with Crippen molar-refractivity contribution in [2.45, 2.75) is 90.5 Å². The number of nitrogens with zero attached hydrogens (tertiary/aromatic N) is 5. The van der Waals surface area contributed by atoms with Crippen LogP contribution in [0.25, 0.3) is 11.4 Å². The normalized spacial score (nSPS) is 15.9. The van der Waals surface area contributed by atoms with Gasteiger partial charge in [0.05, 0.1) is 12.2 Å². The topological polar surface area (TPSA) is 77.2 Å². The van der Waals surface area contributed by atoms with E-state index in [-0.39, 0.29) is 23.1 Å². The Morgan fingerprint density at radius 2 is 1.84 bits per heavy atom. The lowest BCUT2D eigenvalue weighted by molar-refractivity contribution is 0.291. The van der Waals surface area contributed by atoms with E-state index in [0.29, 0.717) is 18.5 Å². The van der Waals surface area contributed by atoms with Crippen molar-refractivity contribution in [3.05, 3.63) is 47.6 Å². The largest absolute Gasteiger partial charge is 0.493 e. The van der Waals surface area contributed by atoms with Gasteiger partial charge in [-0.3, -0.25) is 0 Å². The van der Waals surface area contributed by atoms with Gasteiger partial charge in [-0.2, -0.15) is 4.98 Å². The monoisotopic (exact) mass is 513 g/mol. The molecule has 1 aromatic carbocycles. The summed E-state index contributed by atoms with van der Waals surface area (Å²) in [6, 6.07) is 2.67. The van der Waals surface area contributed by atoms with Gasteiger partial charge in [-0.25, -0.2) is 18.7 Å². The molecule has 1 aliphatic rings. The van der Waals surface area contributed by atoms with Crippen molar-refractivity contribution < 1.29 is 18.0 Å². The van der Waals surface area contributed by atoms with Crippen LogP contribution in [0.3, 0.4) is 0 Å². The highest BCUT2D eigenvalue weighted by atomic mass is 19.1. The summed E-state index contributed by atoms with van der Waals surface area (Å²) in [6.45, 7) is 7.23. The Labute approximate surface area is 217 Å². The lowest BCUT2D eigenvalue weighted by atomic mass is 9.98. The number of hydrogen-bond donors (Lipinski definition) is 0. The third-order valence-corrected chi connectivity index (χ3v) is 6.77. The number of aryl methyl sites for hydroxylation is 1. The molecule has 0 N–H and O–H groups in total. The minimum atomic E-state index is -0.778. The minimum absolute atomic E-state index is 0.0310. The maximum absolute atomic E-state index is 14.7. The summed E-state index contributed by atoms with van der Waals surface area (Å²) in [5.41, 5.74) is 0.876. The van der Waals surface area contributed by atoms with Crippen molar-refractivity contribution >= 4 is 5.95 Å². The molecular formula is C28H37F2N5O2. The van der Waals surface area contributed by atoms with E-state index in [0.717, 1.165) is 51.0 Å². The van der Waals surface area contributed by atoms with Gasteiger partial charge < -0.3 is 14.2 Å². The van der Waals surface area contributed by atoms with Gasteiger partial charge in [0.2, 0.25) is 17.7 Å². The molecule has 1 atom stereocenters. The van der Waals surface area contributed by atoms with Gasteiger partial charge in [-0.05, 0) is 50.5 Å². The van der Waals surface area contributed by atoms with Gasteiger partial charge in [0, 0.05) is 43.0 Å². The highest BCUT2D eigenvalue weighted by Crippen LogP contribution is 2.30. The maximum atomic E-state index is 14.7. The van der Waals surface area contributed by atoms with Crippen LogP contribution in [0.4, 0.5) is 14.7 Å². The first kappa shape index (κ1) is 26.9. The van der Waals surface area contributed by atoms with Crippen molar-refractivity contribution in [1.29, 1.82) is 0 Å². The molecule has 7 nitrogen and oxygen atoms in total. The fourth-order valence-corrected chi connectivity index (χ4v) is 4.70. The van der Waals surface area contributed by atoms with E-state index in [1.54, 1.807) is 0 Å². The number of rotatable bonds is 12. The van der Waals surface area contributed by atoms with Gasteiger partial charge in [-0.15, -0.1) is 0 Å². The summed E-state index contributed by atoms with van der Waals surface area (Å²) in [7, 11) is 0. The molecule has 3 aromatic rings. The molecule has 4 rings (SSSR count). The van der Waals surface area contributed by atoms with E-state index < -0.39 is 11.6 Å². The SMILES string of the molecule is CCCCCc1cnc(N2CCCCC2CCCOc2cc(F)c(-c3noc(C(C)C)n3)c(F)c2)nc1. The van der Waals surface area contributed by atoms with E-state index in [9.17, 15) is 8.78 Å². The van der Waals surface area contributed by atoms with Crippen LogP contribution in [0.2, 0.25) is 0 Å². The summed E-state index contributed by atoms with van der Waals surface area (Å²) in [5.74, 6) is -0.421. The fraction of sp³-hybridized carbons (Fsp3) is 0.571. The number of ether oxygens (including phenoxy) is 1. The van der Waals surface area contributed by atoms with Crippen LogP contribution in [-0.2, 0) is 6.42 Å². The molecule has 2 aromatic heterocycles. The van der Waals surface area contributed by atoms with Crippen LogP contribution in [-0.4, -0.2) is 39.3 Å². The zero-order valence-corrected chi connectivity index (χ0v) is 22.1. The van der Waals surface area contributed by atoms with Crippen molar-refractivity contribution in [1.82, 2.24) is 20.1 Å². The number of halogens is 2. The molecule has 1 aliphatic heterocycles.